The molecule has 0 atom stereocenters. The number of fused-ring (bicyclic) bond motifs is 1. The Bertz CT molecular complexity index is 846. The monoisotopic (exact) mass is 293 g/mol. The van der Waals surface area contributed by atoms with Crippen molar-refractivity contribution < 1.29 is 9.53 Å². The molecule has 0 fully saturated rings. The fourth-order valence-electron chi connectivity index (χ4n) is 2.34. The Kier molecular flexibility index (Phi) is 3.62. The van der Waals surface area contributed by atoms with Crippen LogP contribution in [0.4, 0.5) is 11.4 Å². The summed E-state index contributed by atoms with van der Waals surface area (Å²) in [6, 6.07) is 14.9. The van der Waals surface area contributed by atoms with Gasteiger partial charge in [0.15, 0.2) is 0 Å². The van der Waals surface area contributed by atoms with Crippen molar-refractivity contribution in [2.24, 2.45) is 0 Å². The summed E-state index contributed by atoms with van der Waals surface area (Å²) < 4.78 is 5.24. The van der Waals surface area contributed by atoms with Crippen LogP contribution in [0.1, 0.15) is 0 Å². The van der Waals surface area contributed by atoms with Gasteiger partial charge in [-0.15, -0.1) is 0 Å². The van der Waals surface area contributed by atoms with Crippen LogP contribution in [0.25, 0.3) is 22.2 Å². The highest BCUT2D eigenvalue weighted by atomic mass is 16.5. The highest BCUT2D eigenvalue weighted by Gasteiger charge is 2.07. The predicted octanol–water partition coefficient (Wildman–Crippen LogP) is 3.06. The lowest BCUT2D eigenvalue weighted by molar-refractivity contribution is -0.105. The van der Waals surface area contributed by atoms with Crippen molar-refractivity contribution in [3.63, 3.8) is 0 Å². The summed E-state index contributed by atoms with van der Waals surface area (Å²) in [6.07, 6.45) is 0.634. The van der Waals surface area contributed by atoms with Crippen molar-refractivity contribution in [2.45, 2.75) is 0 Å². The van der Waals surface area contributed by atoms with Crippen molar-refractivity contribution in [3.05, 3.63) is 48.5 Å². The van der Waals surface area contributed by atoms with Gasteiger partial charge in [0.1, 0.15) is 5.75 Å². The molecule has 3 N–H and O–H groups in total. The summed E-state index contributed by atoms with van der Waals surface area (Å²) in [5.41, 5.74) is 9.92. The van der Waals surface area contributed by atoms with E-state index in [4.69, 9.17) is 10.5 Å². The Morgan fingerprint density at radius 2 is 2.05 bits per heavy atom. The number of nitrogens with one attached hydrogen (secondary N) is 1. The highest BCUT2D eigenvalue weighted by molar-refractivity contribution is 5.95. The van der Waals surface area contributed by atoms with E-state index in [0.29, 0.717) is 17.8 Å². The number of nitrogens with zero attached hydrogens (tertiary/aromatic N) is 1. The molecule has 0 aliphatic rings. The number of benzene rings is 2. The smallest absolute Gasteiger partial charge is 0.211 e. The van der Waals surface area contributed by atoms with Crippen LogP contribution >= 0.6 is 0 Å². The molecule has 0 unspecified atom stereocenters. The topological polar surface area (TPSA) is 77.2 Å². The summed E-state index contributed by atoms with van der Waals surface area (Å²) in [7, 11) is 1.63. The maximum absolute atomic E-state index is 10.5. The van der Waals surface area contributed by atoms with Crippen LogP contribution in [0.3, 0.4) is 0 Å². The molecule has 3 rings (SSSR count). The van der Waals surface area contributed by atoms with Gasteiger partial charge >= 0.3 is 0 Å². The number of rotatable bonds is 4. The zero-order valence-corrected chi connectivity index (χ0v) is 12.0. The summed E-state index contributed by atoms with van der Waals surface area (Å²) in [4.78, 5) is 15.2. The molecular formula is C17H15N3O2. The number of nitrogens with two attached hydrogens (primary N) is 1. The van der Waals surface area contributed by atoms with E-state index in [2.05, 4.69) is 10.3 Å². The van der Waals surface area contributed by atoms with E-state index in [1.807, 2.05) is 36.4 Å². The van der Waals surface area contributed by atoms with E-state index < -0.39 is 0 Å². The Labute approximate surface area is 127 Å². The van der Waals surface area contributed by atoms with Crippen molar-refractivity contribution in [3.8, 4) is 17.0 Å². The lowest BCUT2D eigenvalue weighted by atomic mass is 10.1. The van der Waals surface area contributed by atoms with Gasteiger partial charge in [-0.2, -0.15) is 0 Å². The molecule has 5 heteroatoms. The zero-order valence-electron chi connectivity index (χ0n) is 12.0. The van der Waals surface area contributed by atoms with Gasteiger partial charge in [0.25, 0.3) is 0 Å². The Balaban J connectivity index is 2.12. The second kappa shape index (κ2) is 5.73. The second-order valence-corrected chi connectivity index (χ2v) is 4.82. The van der Waals surface area contributed by atoms with Crippen LogP contribution in [0, 0.1) is 0 Å². The summed E-state index contributed by atoms with van der Waals surface area (Å²) in [5.74, 6) is 0.767. The van der Waals surface area contributed by atoms with Crippen LogP contribution in [0.5, 0.6) is 5.75 Å². The molecule has 0 aliphatic heterocycles. The minimum atomic E-state index is 0.609. The van der Waals surface area contributed by atoms with Crippen molar-refractivity contribution in [1.82, 2.24) is 4.98 Å². The molecule has 1 heterocycles. The largest absolute Gasteiger partial charge is 0.497 e. The second-order valence-electron chi connectivity index (χ2n) is 4.82. The lowest BCUT2D eigenvalue weighted by Crippen LogP contribution is -1.96. The van der Waals surface area contributed by atoms with E-state index in [0.717, 1.165) is 27.9 Å². The van der Waals surface area contributed by atoms with Gasteiger partial charge < -0.3 is 15.8 Å². The van der Waals surface area contributed by atoms with Gasteiger partial charge in [0.2, 0.25) is 6.41 Å². The molecule has 0 aliphatic carbocycles. The maximum Gasteiger partial charge on any atom is 0.211 e. The number of pyridine rings is 1. The number of amides is 1. The molecule has 5 nitrogen and oxygen atoms in total. The number of hydrogen-bond acceptors (Lipinski definition) is 4. The first kappa shape index (κ1) is 13.9. The van der Waals surface area contributed by atoms with Crippen LogP contribution in [-0.4, -0.2) is 18.5 Å². The minimum Gasteiger partial charge on any atom is -0.497 e. The van der Waals surface area contributed by atoms with Gasteiger partial charge in [-0.1, -0.05) is 12.1 Å². The van der Waals surface area contributed by atoms with Crippen LogP contribution in [0.2, 0.25) is 0 Å². The van der Waals surface area contributed by atoms with E-state index in [1.165, 1.54) is 0 Å². The molecule has 0 radical (unpaired) electrons. The Morgan fingerprint density at radius 3 is 2.82 bits per heavy atom. The SMILES string of the molecule is COc1cccc(-c2cc(N)c3cc(NC=O)ccc3n2)c1. The molecule has 0 saturated carbocycles. The first-order valence-corrected chi connectivity index (χ1v) is 6.76. The van der Waals surface area contributed by atoms with Gasteiger partial charge in [-0.3, -0.25) is 4.79 Å². The molecule has 3 aromatic rings. The number of hydrogen-bond donors (Lipinski definition) is 2. The number of anilines is 2. The molecule has 0 bridgehead atoms. The first-order valence-electron chi connectivity index (χ1n) is 6.76. The third-order valence-corrected chi connectivity index (χ3v) is 3.43. The zero-order chi connectivity index (χ0) is 15.5. The fraction of sp³-hybridized carbons (Fsp3) is 0.0588. The van der Waals surface area contributed by atoms with Crippen LogP contribution in [-0.2, 0) is 4.79 Å². The highest BCUT2D eigenvalue weighted by Crippen LogP contribution is 2.29. The summed E-state index contributed by atoms with van der Waals surface area (Å²) in [5, 5.41) is 3.41. The number of carbonyl (C=O) groups is 1. The van der Waals surface area contributed by atoms with Crippen molar-refractivity contribution >= 4 is 28.7 Å². The van der Waals surface area contributed by atoms with Gasteiger partial charge in [-0.05, 0) is 36.4 Å². The van der Waals surface area contributed by atoms with Crippen molar-refractivity contribution in [2.75, 3.05) is 18.2 Å². The number of carbonyl (C=O) groups excluding carboxylic acids is 1. The quantitative estimate of drug-likeness (QED) is 0.725. The Hall–Kier alpha value is -3.08. The normalized spacial score (nSPS) is 10.4. The molecule has 2 aromatic carbocycles. The standard InChI is InChI=1S/C17H15N3O2/c1-22-13-4-2-3-11(7-13)17-9-15(18)14-8-12(19-10-21)5-6-16(14)20-17/h2-10H,1H3,(H2,18,20)(H,19,21). The number of methoxy groups -OCH3 is 1. The third kappa shape index (κ3) is 2.56. The lowest BCUT2D eigenvalue weighted by Gasteiger charge is -2.09. The van der Waals surface area contributed by atoms with E-state index in [1.54, 1.807) is 19.2 Å². The molecule has 22 heavy (non-hydrogen) atoms. The molecule has 1 amide bonds. The number of aromatic nitrogens is 1. The summed E-state index contributed by atoms with van der Waals surface area (Å²) in [6.45, 7) is 0. The molecule has 0 saturated heterocycles. The van der Waals surface area contributed by atoms with Gasteiger partial charge in [-0.25, -0.2) is 4.98 Å². The van der Waals surface area contributed by atoms with E-state index in [9.17, 15) is 4.79 Å². The average Bonchev–Trinajstić information content (AvgIpc) is 2.55. The summed E-state index contributed by atoms with van der Waals surface area (Å²) >= 11 is 0. The number of nitrogen functional groups attached to an aromatic ring is 1. The van der Waals surface area contributed by atoms with Crippen LogP contribution in [0.15, 0.2) is 48.5 Å². The van der Waals surface area contributed by atoms with Crippen LogP contribution < -0.4 is 15.8 Å². The predicted molar refractivity (Wildman–Crippen MR) is 87.8 cm³/mol. The van der Waals surface area contributed by atoms with E-state index >= 15 is 0 Å². The van der Waals surface area contributed by atoms with Gasteiger partial charge in [0, 0.05) is 22.3 Å². The fourth-order valence-corrected chi connectivity index (χ4v) is 2.34. The molecule has 110 valence electrons. The maximum atomic E-state index is 10.5. The molecule has 0 spiro atoms. The van der Waals surface area contributed by atoms with Gasteiger partial charge in [0.05, 0.1) is 18.3 Å². The van der Waals surface area contributed by atoms with Crippen molar-refractivity contribution in [1.29, 1.82) is 0 Å². The average molecular weight is 293 g/mol. The van der Waals surface area contributed by atoms with E-state index in [-0.39, 0.29) is 0 Å². The molecular weight excluding hydrogens is 278 g/mol. The molecule has 1 aromatic heterocycles. The number of ether oxygens (including phenoxy) is 1. The Morgan fingerprint density at radius 1 is 1.18 bits per heavy atom. The third-order valence-electron chi connectivity index (χ3n) is 3.43. The first-order chi connectivity index (χ1) is 10.7. The minimum absolute atomic E-state index is 0.609.